The second-order valence-electron chi connectivity index (χ2n) is 8.16. The third-order valence-corrected chi connectivity index (χ3v) is 5.88. The van der Waals surface area contributed by atoms with Gasteiger partial charge in [0, 0.05) is 31.4 Å². The van der Waals surface area contributed by atoms with Crippen molar-refractivity contribution in [1.29, 1.82) is 0 Å². The van der Waals surface area contributed by atoms with Crippen LogP contribution in [0.2, 0.25) is 0 Å². The topological polar surface area (TPSA) is 73.4 Å². The molecule has 0 bridgehead atoms. The highest BCUT2D eigenvalue weighted by atomic mass is 35.5. The van der Waals surface area contributed by atoms with Crippen molar-refractivity contribution in [3.05, 3.63) is 78.1 Å². The van der Waals surface area contributed by atoms with Crippen molar-refractivity contribution in [3.8, 4) is 11.1 Å². The summed E-state index contributed by atoms with van der Waals surface area (Å²) in [7, 11) is 0. The fourth-order valence-electron chi connectivity index (χ4n) is 4.02. The van der Waals surface area contributed by atoms with Crippen molar-refractivity contribution in [2.24, 2.45) is 11.7 Å². The molecule has 1 aliphatic rings. The summed E-state index contributed by atoms with van der Waals surface area (Å²) in [6.45, 7) is 3.33. The number of hydrogen-bond donors (Lipinski definition) is 1. The molecule has 0 unspecified atom stereocenters. The minimum absolute atomic E-state index is 0. The maximum atomic E-state index is 12.3. The van der Waals surface area contributed by atoms with Crippen LogP contribution in [-0.4, -0.2) is 40.4 Å². The highest BCUT2D eigenvalue weighted by molar-refractivity contribution is 5.85. The average molecular weight is 455 g/mol. The van der Waals surface area contributed by atoms with Crippen LogP contribution < -0.4 is 5.73 Å². The van der Waals surface area contributed by atoms with Crippen molar-refractivity contribution in [2.75, 3.05) is 19.6 Å². The third-order valence-electron chi connectivity index (χ3n) is 5.88. The van der Waals surface area contributed by atoms with E-state index in [1.165, 1.54) is 11.1 Å². The highest BCUT2D eigenvalue weighted by Gasteiger charge is 2.24. The second kappa shape index (κ2) is 11.7. The van der Waals surface area contributed by atoms with Crippen LogP contribution in [0.15, 0.2) is 67.0 Å². The van der Waals surface area contributed by atoms with E-state index in [-0.39, 0.29) is 18.5 Å². The van der Waals surface area contributed by atoms with Crippen molar-refractivity contribution in [1.82, 2.24) is 14.7 Å². The van der Waals surface area contributed by atoms with E-state index < -0.39 is 0 Å². The Morgan fingerprint density at radius 3 is 2.41 bits per heavy atom. The largest absolute Gasteiger partial charge is 0.445 e. The molecule has 170 valence electrons. The smallest absolute Gasteiger partial charge is 0.410 e. The molecule has 2 N–H and O–H groups in total. The summed E-state index contributed by atoms with van der Waals surface area (Å²) in [6.07, 6.45) is 6.64. The van der Waals surface area contributed by atoms with Crippen LogP contribution in [0, 0.1) is 5.92 Å². The Bertz CT molecular complexity index is 967. The molecule has 0 spiro atoms. The molecule has 0 aliphatic carbocycles. The van der Waals surface area contributed by atoms with Gasteiger partial charge in [-0.1, -0.05) is 54.6 Å². The van der Waals surface area contributed by atoms with E-state index in [2.05, 4.69) is 35.6 Å². The van der Waals surface area contributed by atoms with Crippen LogP contribution in [0.25, 0.3) is 11.1 Å². The molecule has 0 saturated carbocycles. The lowest BCUT2D eigenvalue weighted by molar-refractivity contribution is 0.0803. The maximum absolute atomic E-state index is 12.3. The number of likely N-dealkylation sites (tertiary alicyclic amines) is 1. The zero-order chi connectivity index (χ0) is 21.5. The number of halogens is 1. The summed E-state index contributed by atoms with van der Waals surface area (Å²) in [4.78, 5) is 14.2. The quantitative estimate of drug-likeness (QED) is 0.569. The summed E-state index contributed by atoms with van der Waals surface area (Å²) in [5, 5.41) is 4.55. The van der Waals surface area contributed by atoms with Crippen molar-refractivity contribution in [3.63, 3.8) is 0 Å². The first-order valence-electron chi connectivity index (χ1n) is 11.0. The molecule has 1 aliphatic heterocycles. The van der Waals surface area contributed by atoms with E-state index in [4.69, 9.17) is 10.5 Å². The molecule has 0 atom stereocenters. The lowest BCUT2D eigenvalue weighted by Gasteiger charge is -2.31. The number of amides is 1. The van der Waals surface area contributed by atoms with Gasteiger partial charge in [-0.15, -0.1) is 12.4 Å². The third kappa shape index (κ3) is 6.34. The molecule has 3 aromatic rings. The standard InChI is InChI=1S/C25H30N4O2.ClH/c26-13-10-20-6-8-23(9-7-20)24-16-27-29(18-24)17-21-11-14-28(15-12-21)25(30)31-19-22-4-2-1-3-5-22;/h1-9,16,18,21H,10-15,17,19,26H2;1H. The van der Waals surface area contributed by atoms with Crippen LogP contribution in [-0.2, 0) is 24.3 Å². The minimum atomic E-state index is -0.221. The molecule has 6 nitrogen and oxygen atoms in total. The molecule has 2 aromatic carbocycles. The Morgan fingerprint density at radius 2 is 1.72 bits per heavy atom. The molecule has 1 aromatic heterocycles. The monoisotopic (exact) mass is 454 g/mol. The van der Waals surface area contributed by atoms with Crippen molar-refractivity contribution in [2.45, 2.75) is 32.4 Å². The number of piperidine rings is 1. The van der Waals surface area contributed by atoms with Gasteiger partial charge in [0.15, 0.2) is 0 Å². The number of nitrogens with two attached hydrogens (primary N) is 1. The van der Waals surface area contributed by atoms with E-state index in [0.29, 0.717) is 19.1 Å². The van der Waals surface area contributed by atoms with Gasteiger partial charge in [-0.2, -0.15) is 5.10 Å². The summed E-state index contributed by atoms with van der Waals surface area (Å²) in [5.74, 6) is 0.512. The first-order valence-corrected chi connectivity index (χ1v) is 11.0. The molecule has 1 fully saturated rings. The predicted octanol–water partition coefficient (Wildman–Crippen LogP) is 4.52. The summed E-state index contributed by atoms with van der Waals surface area (Å²) in [5.41, 5.74) is 10.2. The zero-order valence-corrected chi connectivity index (χ0v) is 19.0. The average Bonchev–Trinajstić information content (AvgIpc) is 3.28. The molecule has 0 radical (unpaired) electrons. The Morgan fingerprint density at radius 1 is 1.00 bits per heavy atom. The van der Waals surface area contributed by atoms with Crippen molar-refractivity contribution < 1.29 is 9.53 Å². The number of nitrogens with zero attached hydrogens (tertiary/aromatic N) is 3. The molecule has 1 amide bonds. The maximum Gasteiger partial charge on any atom is 0.410 e. The fraction of sp³-hybridized carbons (Fsp3) is 0.360. The van der Waals surface area contributed by atoms with Crippen LogP contribution in [0.4, 0.5) is 4.79 Å². The van der Waals surface area contributed by atoms with Gasteiger partial charge in [-0.05, 0) is 48.4 Å². The highest BCUT2D eigenvalue weighted by Crippen LogP contribution is 2.23. The van der Waals surface area contributed by atoms with Crippen LogP contribution >= 0.6 is 12.4 Å². The molecule has 2 heterocycles. The van der Waals surface area contributed by atoms with Gasteiger partial charge in [0.25, 0.3) is 0 Å². The van der Waals surface area contributed by atoms with Gasteiger partial charge in [-0.3, -0.25) is 4.68 Å². The molecular formula is C25H31ClN4O2. The predicted molar refractivity (Wildman–Crippen MR) is 129 cm³/mol. The van der Waals surface area contributed by atoms with Crippen LogP contribution in [0.5, 0.6) is 0 Å². The fourth-order valence-corrected chi connectivity index (χ4v) is 4.02. The number of ether oxygens (including phenoxy) is 1. The minimum Gasteiger partial charge on any atom is -0.445 e. The lowest BCUT2D eigenvalue weighted by atomic mass is 9.97. The zero-order valence-electron chi connectivity index (χ0n) is 18.2. The van der Waals surface area contributed by atoms with E-state index in [9.17, 15) is 4.79 Å². The SMILES string of the molecule is Cl.NCCc1ccc(-c2cnn(CC3CCN(C(=O)OCc4ccccc4)CC3)c2)cc1. The van der Waals surface area contributed by atoms with Gasteiger partial charge in [0.2, 0.25) is 0 Å². The Hall–Kier alpha value is -2.83. The molecule has 4 rings (SSSR count). The van der Waals surface area contributed by atoms with Gasteiger partial charge in [0.1, 0.15) is 6.61 Å². The van der Waals surface area contributed by atoms with E-state index in [1.807, 2.05) is 46.1 Å². The van der Waals surface area contributed by atoms with Gasteiger partial charge in [0.05, 0.1) is 6.20 Å². The van der Waals surface area contributed by atoms with Crippen molar-refractivity contribution >= 4 is 18.5 Å². The number of carbonyl (C=O) groups is 1. The van der Waals surface area contributed by atoms with Gasteiger partial charge < -0.3 is 15.4 Å². The Labute approximate surface area is 195 Å². The molecule has 1 saturated heterocycles. The number of hydrogen-bond acceptors (Lipinski definition) is 4. The Kier molecular flexibility index (Phi) is 8.71. The summed E-state index contributed by atoms with van der Waals surface area (Å²) >= 11 is 0. The summed E-state index contributed by atoms with van der Waals surface area (Å²) in [6, 6.07) is 18.3. The van der Waals surface area contributed by atoms with Crippen LogP contribution in [0.3, 0.4) is 0 Å². The van der Waals surface area contributed by atoms with Gasteiger partial charge in [-0.25, -0.2) is 4.79 Å². The van der Waals surface area contributed by atoms with Gasteiger partial charge >= 0.3 is 6.09 Å². The molecule has 32 heavy (non-hydrogen) atoms. The number of benzene rings is 2. The van der Waals surface area contributed by atoms with Crippen LogP contribution in [0.1, 0.15) is 24.0 Å². The Balaban J connectivity index is 0.00000289. The number of carbonyl (C=O) groups excluding carboxylic acids is 1. The first kappa shape index (κ1) is 23.8. The first-order chi connectivity index (χ1) is 15.2. The normalized spacial score (nSPS) is 14.1. The van der Waals surface area contributed by atoms with E-state index >= 15 is 0 Å². The lowest BCUT2D eigenvalue weighted by Crippen LogP contribution is -2.39. The second-order valence-corrected chi connectivity index (χ2v) is 8.16. The summed E-state index contributed by atoms with van der Waals surface area (Å²) < 4.78 is 7.48. The number of rotatable bonds is 7. The van der Waals surface area contributed by atoms with E-state index in [0.717, 1.165) is 50.0 Å². The van der Waals surface area contributed by atoms with E-state index in [1.54, 1.807) is 0 Å². The number of aromatic nitrogens is 2. The molecule has 7 heteroatoms. The molecular weight excluding hydrogens is 424 g/mol.